The average Bonchev–Trinajstić information content (AvgIpc) is 2.96. The molecule has 0 unspecified atom stereocenters. The van der Waals surface area contributed by atoms with Crippen molar-refractivity contribution in [2.45, 2.75) is 20.4 Å². The number of aromatic nitrogens is 3. The maximum atomic E-state index is 12.7. The highest BCUT2D eigenvalue weighted by atomic mass is 35.5. The molecule has 0 N–H and O–H groups in total. The number of ketones is 1. The van der Waals surface area contributed by atoms with E-state index in [0.29, 0.717) is 27.2 Å². The topological polar surface area (TPSA) is 78.0 Å². The molecule has 4 rings (SSSR count). The summed E-state index contributed by atoms with van der Waals surface area (Å²) in [4.78, 5) is 33.8. The number of fused-ring (bicyclic) bond motifs is 3. The molecule has 7 heteroatoms. The van der Waals surface area contributed by atoms with Crippen molar-refractivity contribution in [2.24, 2.45) is 0 Å². The Kier molecular flexibility index (Phi) is 3.85. The van der Waals surface area contributed by atoms with Crippen molar-refractivity contribution in [1.82, 2.24) is 14.5 Å². The number of benzene rings is 1. The van der Waals surface area contributed by atoms with Gasteiger partial charge in [0.25, 0.3) is 5.56 Å². The number of carbonyl (C=O) groups is 1. The lowest BCUT2D eigenvalue weighted by Crippen LogP contribution is -2.24. The van der Waals surface area contributed by atoms with Crippen LogP contribution in [0.1, 0.15) is 21.6 Å². The third-order valence-electron chi connectivity index (χ3n) is 4.36. The van der Waals surface area contributed by atoms with Gasteiger partial charge in [-0.25, -0.2) is 9.97 Å². The zero-order chi connectivity index (χ0) is 18.4. The number of carbonyl (C=O) groups excluding carboxylic acids is 1. The first-order valence-corrected chi connectivity index (χ1v) is 8.36. The summed E-state index contributed by atoms with van der Waals surface area (Å²) in [5.74, 6) is -0.217. The Bertz CT molecular complexity index is 1220. The van der Waals surface area contributed by atoms with E-state index in [0.717, 1.165) is 11.3 Å². The lowest BCUT2D eigenvalue weighted by atomic mass is 10.1. The Morgan fingerprint density at radius 1 is 1.23 bits per heavy atom. The van der Waals surface area contributed by atoms with E-state index in [1.165, 1.54) is 10.9 Å². The van der Waals surface area contributed by atoms with Gasteiger partial charge >= 0.3 is 0 Å². The van der Waals surface area contributed by atoms with E-state index in [9.17, 15) is 9.59 Å². The van der Waals surface area contributed by atoms with Crippen LogP contribution in [0.15, 0.2) is 45.9 Å². The fourth-order valence-corrected chi connectivity index (χ4v) is 2.90. The predicted molar refractivity (Wildman–Crippen MR) is 98.8 cm³/mol. The van der Waals surface area contributed by atoms with Crippen molar-refractivity contribution >= 4 is 39.6 Å². The SMILES string of the molecule is Cc1cc2c(nc1C)oc1c(=O)n(CC(=O)c3ccc(Cl)cc3)cnc12. The van der Waals surface area contributed by atoms with Crippen LogP contribution in [0.3, 0.4) is 0 Å². The molecule has 130 valence electrons. The van der Waals surface area contributed by atoms with Gasteiger partial charge in [0.1, 0.15) is 5.52 Å². The van der Waals surface area contributed by atoms with E-state index in [4.69, 9.17) is 16.0 Å². The maximum absolute atomic E-state index is 12.7. The molecule has 0 aliphatic rings. The van der Waals surface area contributed by atoms with Crippen LogP contribution in [0.2, 0.25) is 5.02 Å². The third kappa shape index (κ3) is 2.68. The minimum atomic E-state index is -0.411. The Labute approximate surface area is 153 Å². The summed E-state index contributed by atoms with van der Waals surface area (Å²) < 4.78 is 6.86. The summed E-state index contributed by atoms with van der Waals surface area (Å²) in [7, 11) is 0. The van der Waals surface area contributed by atoms with Crippen molar-refractivity contribution in [2.75, 3.05) is 0 Å². The molecule has 0 radical (unpaired) electrons. The zero-order valence-electron chi connectivity index (χ0n) is 14.1. The van der Waals surface area contributed by atoms with Gasteiger partial charge in [-0.2, -0.15) is 0 Å². The second-order valence-electron chi connectivity index (χ2n) is 6.13. The van der Waals surface area contributed by atoms with Crippen molar-refractivity contribution in [3.63, 3.8) is 0 Å². The van der Waals surface area contributed by atoms with E-state index >= 15 is 0 Å². The molecule has 0 atom stereocenters. The van der Waals surface area contributed by atoms with Crippen LogP contribution in [-0.2, 0) is 6.54 Å². The first-order chi connectivity index (χ1) is 12.4. The number of rotatable bonds is 3. The molecule has 0 amide bonds. The maximum Gasteiger partial charge on any atom is 0.297 e. The third-order valence-corrected chi connectivity index (χ3v) is 4.61. The summed E-state index contributed by atoms with van der Waals surface area (Å²) in [5, 5.41) is 1.23. The van der Waals surface area contributed by atoms with Crippen LogP contribution in [0.5, 0.6) is 0 Å². The Balaban J connectivity index is 1.78. The van der Waals surface area contributed by atoms with E-state index in [-0.39, 0.29) is 17.9 Å². The molecule has 0 aliphatic heterocycles. The number of pyridine rings is 1. The minimum Gasteiger partial charge on any atom is -0.430 e. The normalized spacial score (nSPS) is 11.3. The van der Waals surface area contributed by atoms with E-state index in [1.54, 1.807) is 24.3 Å². The molecule has 0 saturated carbocycles. The fraction of sp³-hybridized carbons (Fsp3) is 0.158. The lowest BCUT2D eigenvalue weighted by Gasteiger charge is -2.04. The highest BCUT2D eigenvalue weighted by Crippen LogP contribution is 2.25. The van der Waals surface area contributed by atoms with E-state index in [2.05, 4.69) is 9.97 Å². The van der Waals surface area contributed by atoms with Gasteiger partial charge in [0, 0.05) is 16.3 Å². The summed E-state index contributed by atoms with van der Waals surface area (Å²) in [6.07, 6.45) is 1.36. The zero-order valence-corrected chi connectivity index (χ0v) is 14.9. The quantitative estimate of drug-likeness (QED) is 0.516. The number of nitrogens with zero attached hydrogens (tertiary/aromatic N) is 3. The number of Topliss-reactive ketones (excluding diaryl/α,β-unsaturated/α-hetero) is 1. The van der Waals surface area contributed by atoms with Crippen LogP contribution < -0.4 is 5.56 Å². The van der Waals surface area contributed by atoms with Crippen molar-refractivity contribution in [1.29, 1.82) is 0 Å². The Morgan fingerprint density at radius 3 is 2.69 bits per heavy atom. The van der Waals surface area contributed by atoms with Gasteiger partial charge in [-0.05, 0) is 49.7 Å². The second-order valence-corrected chi connectivity index (χ2v) is 6.57. The smallest absolute Gasteiger partial charge is 0.297 e. The van der Waals surface area contributed by atoms with Gasteiger partial charge in [0.05, 0.1) is 18.3 Å². The monoisotopic (exact) mass is 367 g/mol. The molecule has 6 nitrogen and oxygen atoms in total. The number of furan rings is 1. The lowest BCUT2D eigenvalue weighted by molar-refractivity contribution is 0.0970. The van der Waals surface area contributed by atoms with Crippen molar-refractivity contribution in [3.05, 3.63) is 68.9 Å². The van der Waals surface area contributed by atoms with Gasteiger partial charge in [-0.3, -0.25) is 14.2 Å². The van der Waals surface area contributed by atoms with Gasteiger partial charge in [-0.15, -0.1) is 0 Å². The molecule has 0 saturated heterocycles. The second kappa shape index (κ2) is 6.07. The van der Waals surface area contributed by atoms with Crippen LogP contribution in [0.25, 0.3) is 22.2 Å². The van der Waals surface area contributed by atoms with Crippen LogP contribution in [0, 0.1) is 13.8 Å². The predicted octanol–water partition coefficient (Wildman–Crippen LogP) is 3.69. The fourth-order valence-electron chi connectivity index (χ4n) is 2.78. The van der Waals surface area contributed by atoms with Gasteiger partial charge < -0.3 is 4.42 Å². The first kappa shape index (κ1) is 16.5. The number of hydrogen-bond acceptors (Lipinski definition) is 5. The van der Waals surface area contributed by atoms with E-state index < -0.39 is 5.56 Å². The number of aryl methyl sites for hydroxylation is 2. The molecule has 4 aromatic rings. The summed E-state index contributed by atoms with van der Waals surface area (Å²) in [6.45, 7) is 3.68. The van der Waals surface area contributed by atoms with Gasteiger partial charge in [0.2, 0.25) is 11.3 Å². The Hall–Kier alpha value is -2.99. The van der Waals surface area contributed by atoms with Crippen molar-refractivity contribution < 1.29 is 9.21 Å². The Morgan fingerprint density at radius 2 is 1.96 bits per heavy atom. The highest BCUT2D eigenvalue weighted by molar-refractivity contribution is 6.30. The summed E-state index contributed by atoms with van der Waals surface area (Å²) in [5.41, 5.74) is 2.80. The molecule has 0 fully saturated rings. The molecule has 0 bridgehead atoms. The average molecular weight is 368 g/mol. The highest BCUT2D eigenvalue weighted by Gasteiger charge is 2.17. The number of halogens is 1. The van der Waals surface area contributed by atoms with Gasteiger partial charge in [0.15, 0.2) is 5.78 Å². The molecular formula is C19H14ClN3O3. The van der Waals surface area contributed by atoms with Gasteiger partial charge in [-0.1, -0.05) is 11.6 Å². The molecule has 1 aromatic carbocycles. The molecule has 0 spiro atoms. The van der Waals surface area contributed by atoms with Crippen molar-refractivity contribution in [3.8, 4) is 0 Å². The van der Waals surface area contributed by atoms with Crippen LogP contribution >= 0.6 is 11.6 Å². The standard InChI is InChI=1S/C19H14ClN3O3/c1-10-7-14-16-17(26-18(14)22-11(10)2)19(25)23(9-21-16)8-15(24)12-3-5-13(20)6-4-12/h3-7,9H,8H2,1-2H3. The van der Waals surface area contributed by atoms with Crippen LogP contribution in [0.4, 0.5) is 0 Å². The molecule has 3 aromatic heterocycles. The molecule has 3 heterocycles. The first-order valence-electron chi connectivity index (χ1n) is 7.98. The number of hydrogen-bond donors (Lipinski definition) is 0. The van der Waals surface area contributed by atoms with E-state index in [1.807, 2.05) is 19.9 Å². The molecule has 0 aliphatic carbocycles. The minimum absolute atomic E-state index is 0.101. The largest absolute Gasteiger partial charge is 0.430 e. The summed E-state index contributed by atoms with van der Waals surface area (Å²) >= 11 is 5.83. The van der Waals surface area contributed by atoms with Crippen LogP contribution in [-0.4, -0.2) is 20.3 Å². The molecule has 26 heavy (non-hydrogen) atoms. The molecular weight excluding hydrogens is 354 g/mol. The summed E-state index contributed by atoms with van der Waals surface area (Å²) in [6, 6.07) is 8.42.